The normalized spacial score (nSPS) is 17.7. The highest BCUT2D eigenvalue weighted by Crippen LogP contribution is 2.42. The van der Waals surface area contributed by atoms with E-state index in [1.54, 1.807) is 0 Å². The molecule has 5 rings (SSSR count). The highest BCUT2D eigenvalue weighted by atomic mass is 28.3. The van der Waals surface area contributed by atoms with Gasteiger partial charge in [0.25, 0.3) is 0 Å². The lowest BCUT2D eigenvalue weighted by atomic mass is 9.73. The summed E-state index contributed by atoms with van der Waals surface area (Å²) in [6.45, 7) is 10.4. The van der Waals surface area contributed by atoms with E-state index in [-0.39, 0.29) is 5.41 Å². The van der Waals surface area contributed by atoms with E-state index in [1.165, 1.54) is 28.9 Å². The summed E-state index contributed by atoms with van der Waals surface area (Å²) in [5.74, 6) is 0.644. The standard InChI is InChI=1S/C30H41N3O4Si/c1-38(2,3)16-15-36-22-33-19-25-17-24(23-9-10-23)18-26(28(25)31-33)20-37-21-30(27-7-5-4-6-8-27)11-13-32(14-12-30)29(34)35/h4-8,17-19,23H,9-16,20-22H2,1-3H3,(H,34,35). The van der Waals surface area contributed by atoms with Crippen molar-refractivity contribution in [2.75, 3.05) is 26.3 Å². The van der Waals surface area contributed by atoms with Crippen LogP contribution in [0.1, 0.15) is 48.3 Å². The highest BCUT2D eigenvalue weighted by Gasteiger charge is 2.38. The SMILES string of the molecule is C[Si](C)(C)CCOCn1cc2cc(C3CC3)cc(COCC3(c4ccccc4)CCN(C(=O)O)CC3)c2n1. The van der Waals surface area contributed by atoms with Crippen LogP contribution in [0.4, 0.5) is 4.79 Å². The summed E-state index contributed by atoms with van der Waals surface area (Å²) < 4.78 is 14.4. The van der Waals surface area contributed by atoms with Gasteiger partial charge in [0, 0.05) is 50.3 Å². The Labute approximate surface area is 226 Å². The van der Waals surface area contributed by atoms with Gasteiger partial charge in [-0.1, -0.05) is 56.0 Å². The molecule has 1 saturated heterocycles. The first-order chi connectivity index (χ1) is 18.2. The molecule has 1 amide bonds. The second-order valence-electron chi connectivity index (χ2n) is 12.3. The summed E-state index contributed by atoms with van der Waals surface area (Å²) >= 11 is 0. The van der Waals surface area contributed by atoms with Crippen LogP contribution in [0.15, 0.2) is 48.7 Å². The molecule has 1 aliphatic heterocycles. The van der Waals surface area contributed by atoms with Crippen molar-refractivity contribution in [3.8, 4) is 0 Å². The van der Waals surface area contributed by atoms with Gasteiger partial charge < -0.3 is 19.5 Å². The minimum atomic E-state index is -1.12. The Morgan fingerprint density at radius 1 is 1.11 bits per heavy atom. The summed E-state index contributed by atoms with van der Waals surface area (Å²) in [6.07, 6.45) is 5.26. The fourth-order valence-corrected chi connectivity index (χ4v) is 6.19. The number of amides is 1. The van der Waals surface area contributed by atoms with Gasteiger partial charge in [-0.15, -0.1) is 0 Å². The van der Waals surface area contributed by atoms with Crippen molar-refractivity contribution in [1.82, 2.24) is 14.7 Å². The third kappa shape index (κ3) is 6.47. The van der Waals surface area contributed by atoms with Crippen LogP contribution < -0.4 is 0 Å². The van der Waals surface area contributed by atoms with Crippen LogP contribution in [0.3, 0.4) is 0 Å². The first-order valence-electron chi connectivity index (χ1n) is 13.9. The van der Waals surface area contributed by atoms with Crippen LogP contribution in [0.5, 0.6) is 0 Å². The lowest BCUT2D eigenvalue weighted by Crippen LogP contribution is -2.47. The molecule has 0 bridgehead atoms. The number of hydrogen-bond acceptors (Lipinski definition) is 4. The fraction of sp³-hybridized carbons (Fsp3) is 0.533. The topological polar surface area (TPSA) is 76.8 Å². The number of nitrogens with zero attached hydrogens (tertiary/aromatic N) is 3. The van der Waals surface area contributed by atoms with E-state index in [4.69, 9.17) is 14.6 Å². The van der Waals surface area contributed by atoms with Gasteiger partial charge in [-0.25, -0.2) is 9.48 Å². The average molecular weight is 536 g/mol. The van der Waals surface area contributed by atoms with Crippen molar-refractivity contribution in [2.24, 2.45) is 0 Å². The van der Waals surface area contributed by atoms with Crippen molar-refractivity contribution in [3.05, 3.63) is 65.4 Å². The number of ether oxygens (including phenoxy) is 2. The smallest absolute Gasteiger partial charge is 0.407 e. The second-order valence-corrected chi connectivity index (χ2v) is 17.9. The third-order valence-electron chi connectivity index (χ3n) is 8.04. The zero-order valence-electron chi connectivity index (χ0n) is 23.0. The molecule has 0 atom stereocenters. The van der Waals surface area contributed by atoms with Gasteiger partial charge in [-0.3, -0.25) is 0 Å². The molecule has 0 unspecified atom stereocenters. The number of hydrogen-bond donors (Lipinski definition) is 1. The molecule has 7 nitrogen and oxygen atoms in total. The van der Waals surface area contributed by atoms with E-state index >= 15 is 0 Å². The van der Waals surface area contributed by atoms with E-state index in [9.17, 15) is 9.90 Å². The average Bonchev–Trinajstić information content (AvgIpc) is 3.66. The molecule has 3 aromatic rings. The Kier molecular flexibility index (Phi) is 7.93. The Morgan fingerprint density at radius 3 is 2.50 bits per heavy atom. The van der Waals surface area contributed by atoms with Gasteiger partial charge in [0.1, 0.15) is 6.73 Å². The summed E-state index contributed by atoms with van der Waals surface area (Å²) in [5, 5.41) is 15.5. The van der Waals surface area contributed by atoms with E-state index in [1.807, 2.05) is 10.7 Å². The van der Waals surface area contributed by atoms with Crippen LogP contribution in [0.2, 0.25) is 25.7 Å². The van der Waals surface area contributed by atoms with Gasteiger partial charge in [0.05, 0.1) is 18.7 Å². The van der Waals surface area contributed by atoms with Crippen LogP contribution in [0.25, 0.3) is 10.9 Å². The van der Waals surface area contributed by atoms with Crippen molar-refractivity contribution in [2.45, 2.75) is 76.0 Å². The molecule has 1 aliphatic carbocycles. The zero-order valence-corrected chi connectivity index (χ0v) is 24.0. The quantitative estimate of drug-likeness (QED) is 0.225. The predicted octanol–water partition coefficient (Wildman–Crippen LogP) is 6.45. The molecule has 2 fully saturated rings. The van der Waals surface area contributed by atoms with E-state index < -0.39 is 14.2 Å². The third-order valence-corrected chi connectivity index (χ3v) is 9.74. The van der Waals surface area contributed by atoms with Crippen molar-refractivity contribution >= 4 is 25.1 Å². The number of aromatic nitrogens is 2. The van der Waals surface area contributed by atoms with Crippen LogP contribution in [-0.4, -0.2) is 60.3 Å². The Bertz CT molecular complexity index is 1240. The van der Waals surface area contributed by atoms with Gasteiger partial charge in [0.2, 0.25) is 0 Å². The molecule has 1 aromatic heterocycles. The largest absolute Gasteiger partial charge is 0.465 e. The first kappa shape index (κ1) is 26.9. The molecule has 2 aliphatic rings. The van der Waals surface area contributed by atoms with Crippen molar-refractivity contribution in [3.63, 3.8) is 0 Å². The summed E-state index contributed by atoms with van der Waals surface area (Å²) in [6, 6.07) is 16.1. The predicted molar refractivity (Wildman–Crippen MR) is 152 cm³/mol. The minimum absolute atomic E-state index is 0.190. The molecule has 0 spiro atoms. The van der Waals surface area contributed by atoms with Gasteiger partial charge in [-0.2, -0.15) is 5.10 Å². The summed E-state index contributed by atoms with van der Waals surface area (Å²) in [4.78, 5) is 13.0. The Morgan fingerprint density at radius 2 is 1.84 bits per heavy atom. The Hall–Kier alpha value is -2.68. The molecule has 1 saturated carbocycles. The molecule has 2 heterocycles. The molecule has 8 heteroatoms. The summed E-state index contributed by atoms with van der Waals surface area (Å²) in [7, 11) is -1.12. The molecular weight excluding hydrogens is 494 g/mol. The van der Waals surface area contributed by atoms with Crippen LogP contribution >= 0.6 is 0 Å². The molecule has 0 radical (unpaired) electrons. The van der Waals surface area contributed by atoms with E-state index in [0.29, 0.717) is 39.0 Å². The van der Waals surface area contributed by atoms with E-state index in [0.717, 1.165) is 42.0 Å². The monoisotopic (exact) mass is 535 g/mol. The maximum atomic E-state index is 11.5. The number of benzene rings is 2. The van der Waals surface area contributed by atoms with Gasteiger partial charge >= 0.3 is 6.09 Å². The number of rotatable bonds is 11. The van der Waals surface area contributed by atoms with Gasteiger partial charge in [-0.05, 0) is 54.8 Å². The molecule has 38 heavy (non-hydrogen) atoms. The van der Waals surface area contributed by atoms with Crippen LogP contribution in [0, 0.1) is 0 Å². The number of carbonyl (C=O) groups is 1. The maximum Gasteiger partial charge on any atom is 0.407 e. The van der Waals surface area contributed by atoms with Crippen molar-refractivity contribution in [1.29, 1.82) is 0 Å². The molecular formula is C30H41N3O4Si. The molecule has 1 N–H and O–H groups in total. The minimum Gasteiger partial charge on any atom is -0.465 e. The lowest BCUT2D eigenvalue weighted by molar-refractivity contribution is 0.0371. The highest BCUT2D eigenvalue weighted by molar-refractivity contribution is 6.76. The van der Waals surface area contributed by atoms with Crippen molar-refractivity contribution < 1.29 is 19.4 Å². The summed E-state index contributed by atoms with van der Waals surface area (Å²) in [5.41, 5.74) is 4.52. The second kappa shape index (κ2) is 11.2. The van der Waals surface area contributed by atoms with Gasteiger partial charge in [0.15, 0.2) is 0 Å². The molecule has 204 valence electrons. The zero-order chi connectivity index (χ0) is 26.8. The first-order valence-corrected chi connectivity index (χ1v) is 17.6. The number of likely N-dealkylation sites (tertiary alicyclic amines) is 1. The van der Waals surface area contributed by atoms with Crippen LogP contribution in [-0.2, 0) is 28.2 Å². The number of fused-ring (bicyclic) bond motifs is 1. The number of carboxylic acid groups (broad SMARTS) is 1. The maximum absolute atomic E-state index is 11.5. The fourth-order valence-electron chi connectivity index (χ4n) is 5.44. The number of piperidine rings is 1. The van der Waals surface area contributed by atoms with E-state index in [2.05, 4.69) is 62.2 Å². The Balaban J connectivity index is 1.31. The lowest BCUT2D eigenvalue weighted by Gasteiger charge is -2.41. The molecule has 2 aromatic carbocycles.